The molecule has 0 aromatic heterocycles. The Kier molecular flexibility index (Phi) is 10.00. The first kappa shape index (κ1) is 30.3. The molecule has 0 radical (unpaired) electrons. The minimum atomic E-state index is -0.0607. The van der Waals surface area contributed by atoms with E-state index >= 15 is 0 Å². The predicted molar refractivity (Wildman–Crippen MR) is 154 cm³/mol. The fourth-order valence-electron chi connectivity index (χ4n) is 6.20. The Hall–Kier alpha value is -0.240. The van der Waals surface area contributed by atoms with Gasteiger partial charge in [-0.1, -0.05) is 20.8 Å². The van der Waals surface area contributed by atoms with Crippen molar-refractivity contribution in [2.24, 2.45) is 5.41 Å². The Bertz CT molecular complexity index is 658. The maximum absolute atomic E-state index is 6.44. The molecule has 3 fully saturated rings. The van der Waals surface area contributed by atoms with Gasteiger partial charge in [0.15, 0.2) is 0 Å². The normalized spacial score (nSPS) is 23.8. The lowest BCUT2D eigenvalue weighted by Crippen LogP contribution is -2.65. The zero-order valence-corrected chi connectivity index (χ0v) is 25.8. The first-order chi connectivity index (χ1) is 16.5. The Labute approximate surface area is 224 Å². The fourth-order valence-corrected chi connectivity index (χ4v) is 6.20. The van der Waals surface area contributed by atoms with E-state index in [9.17, 15) is 0 Å². The highest BCUT2D eigenvalue weighted by molar-refractivity contribution is 4.94. The lowest BCUT2D eigenvalue weighted by atomic mass is 9.89. The topological polar surface area (TPSA) is 25.4 Å². The lowest BCUT2D eigenvalue weighted by Gasteiger charge is -2.52. The molecular weight excluding hydrogens is 446 g/mol. The molecule has 6 heteroatoms. The molecular formula is C30H61N5O. The van der Waals surface area contributed by atoms with E-state index in [-0.39, 0.29) is 16.7 Å². The summed E-state index contributed by atoms with van der Waals surface area (Å²) in [6.45, 7) is 38.7. The SMILES string of the molecule is CC(C)(C)CN1CC(N2CCN(C(C)(C)CCC(C)(C)OCCN3CCN(C(C)(C)C)CC3)CC2)C1. The van der Waals surface area contributed by atoms with Crippen molar-refractivity contribution in [3.63, 3.8) is 0 Å². The molecule has 0 unspecified atom stereocenters. The van der Waals surface area contributed by atoms with Gasteiger partial charge in [0.25, 0.3) is 0 Å². The first-order valence-corrected chi connectivity index (χ1v) is 14.9. The maximum Gasteiger partial charge on any atom is 0.0627 e. The van der Waals surface area contributed by atoms with Crippen LogP contribution in [0.15, 0.2) is 0 Å². The molecule has 3 aliphatic heterocycles. The van der Waals surface area contributed by atoms with Crippen molar-refractivity contribution in [1.29, 1.82) is 0 Å². The number of rotatable bonds is 10. The average Bonchev–Trinajstić information content (AvgIpc) is 2.74. The third-order valence-corrected chi connectivity index (χ3v) is 8.88. The summed E-state index contributed by atoms with van der Waals surface area (Å²) in [6, 6.07) is 0.779. The van der Waals surface area contributed by atoms with E-state index in [4.69, 9.17) is 4.74 Å². The second-order valence-corrected chi connectivity index (χ2v) is 15.4. The summed E-state index contributed by atoms with van der Waals surface area (Å²) in [5.41, 5.74) is 0.865. The molecule has 0 atom stereocenters. The van der Waals surface area contributed by atoms with E-state index in [2.05, 4.69) is 93.7 Å². The van der Waals surface area contributed by atoms with E-state index in [0.717, 1.165) is 38.7 Å². The highest BCUT2D eigenvalue weighted by Gasteiger charge is 2.38. The van der Waals surface area contributed by atoms with Gasteiger partial charge < -0.3 is 4.74 Å². The highest BCUT2D eigenvalue weighted by Crippen LogP contribution is 2.29. The molecule has 0 N–H and O–H groups in total. The van der Waals surface area contributed by atoms with Crippen molar-refractivity contribution in [2.45, 2.75) is 105 Å². The summed E-state index contributed by atoms with van der Waals surface area (Å²) in [5, 5.41) is 0. The molecule has 3 rings (SSSR count). The highest BCUT2D eigenvalue weighted by atomic mass is 16.5. The van der Waals surface area contributed by atoms with Gasteiger partial charge in [-0.15, -0.1) is 0 Å². The number of nitrogens with zero attached hydrogens (tertiary/aromatic N) is 5. The van der Waals surface area contributed by atoms with Crippen molar-refractivity contribution in [3.05, 3.63) is 0 Å². The molecule has 3 saturated heterocycles. The largest absolute Gasteiger partial charge is 0.374 e. The van der Waals surface area contributed by atoms with Crippen LogP contribution in [0, 0.1) is 5.41 Å². The summed E-state index contributed by atoms with van der Waals surface area (Å²) < 4.78 is 6.44. The zero-order chi connectivity index (χ0) is 26.8. The third kappa shape index (κ3) is 9.20. The van der Waals surface area contributed by atoms with Crippen LogP contribution in [-0.4, -0.2) is 132 Å². The van der Waals surface area contributed by atoms with E-state index in [1.807, 2.05) is 0 Å². The molecule has 0 bridgehead atoms. The average molecular weight is 508 g/mol. The minimum absolute atomic E-state index is 0.0607. The van der Waals surface area contributed by atoms with Crippen molar-refractivity contribution in [2.75, 3.05) is 85.1 Å². The number of likely N-dealkylation sites (tertiary alicyclic amines) is 1. The van der Waals surface area contributed by atoms with Gasteiger partial charge in [-0.05, 0) is 66.7 Å². The van der Waals surface area contributed by atoms with Crippen LogP contribution in [0.25, 0.3) is 0 Å². The van der Waals surface area contributed by atoms with Crippen LogP contribution >= 0.6 is 0 Å². The minimum Gasteiger partial charge on any atom is -0.374 e. The molecule has 0 spiro atoms. The van der Waals surface area contributed by atoms with Crippen molar-refractivity contribution in [1.82, 2.24) is 24.5 Å². The summed E-state index contributed by atoms with van der Waals surface area (Å²) in [5.74, 6) is 0. The molecule has 0 saturated carbocycles. The van der Waals surface area contributed by atoms with Crippen LogP contribution in [-0.2, 0) is 4.74 Å². The lowest BCUT2D eigenvalue weighted by molar-refractivity contribution is -0.0548. The Balaban J connectivity index is 1.31. The maximum atomic E-state index is 6.44. The molecule has 0 aromatic rings. The Morgan fingerprint density at radius 1 is 0.639 bits per heavy atom. The first-order valence-electron chi connectivity index (χ1n) is 14.9. The van der Waals surface area contributed by atoms with Crippen LogP contribution < -0.4 is 0 Å². The smallest absolute Gasteiger partial charge is 0.0627 e. The van der Waals surface area contributed by atoms with Gasteiger partial charge in [-0.3, -0.25) is 24.5 Å². The molecule has 0 aliphatic carbocycles. The Morgan fingerprint density at radius 2 is 1.19 bits per heavy atom. The third-order valence-electron chi connectivity index (χ3n) is 8.88. The number of ether oxygens (including phenoxy) is 1. The number of hydrogen-bond donors (Lipinski definition) is 0. The molecule has 3 aliphatic rings. The van der Waals surface area contributed by atoms with Crippen LogP contribution in [0.1, 0.15) is 82.1 Å². The molecule has 6 nitrogen and oxygen atoms in total. The van der Waals surface area contributed by atoms with Crippen LogP contribution in [0.3, 0.4) is 0 Å². The van der Waals surface area contributed by atoms with Gasteiger partial charge >= 0.3 is 0 Å². The second kappa shape index (κ2) is 11.9. The summed E-state index contributed by atoms with van der Waals surface area (Å²) >= 11 is 0. The Morgan fingerprint density at radius 3 is 1.72 bits per heavy atom. The molecule has 212 valence electrons. The number of piperazine rings is 2. The van der Waals surface area contributed by atoms with Gasteiger partial charge in [0.2, 0.25) is 0 Å². The van der Waals surface area contributed by atoms with Gasteiger partial charge in [0.1, 0.15) is 0 Å². The van der Waals surface area contributed by atoms with E-state index < -0.39 is 0 Å². The number of hydrogen-bond acceptors (Lipinski definition) is 6. The summed E-state index contributed by atoms with van der Waals surface area (Å²) in [6.07, 6.45) is 2.30. The van der Waals surface area contributed by atoms with E-state index in [0.29, 0.717) is 5.41 Å². The molecule has 36 heavy (non-hydrogen) atoms. The summed E-state index contributed by atoms with van der Waals surface area (Å²) in [4.78, 5) is 13.3. The second-order valence-electron chi connectivity index (χ2n) is 15.4. The van der Waals surface area contributed by atoms with Gasteiger partial charge in [-0.25, -0.2) is 0 Å². The van der Waals surface area contributed by atoms with Crippen LogP contribution in [0.4, 0.5) is 0 Å². The molecule has 0 aromatic carbocycles. The van der Waals surface area contributed by atoms with Gasteiger partial charge in [0, 0.05) is 95.7 Å². The van der Waals surface area contributed by atoms with E-state index in [1.165, 1.54) is 65.3 Å². The van der Waals surface area contributed by atoms with E-state index in [1.54, 1.807) is 0 Å². The van der Waals surface area contributed by atoms with Gasteiger partial charge in [0.05, 0.1) is 12.2 Å². The van der Waals surface area contributed by atoms with Crippen molar-refractivity contribution < 1.29 is 4.74 Å². The van der Waals surface area contributed by atoms with Crippen molar-refractivity contribution >= 4 is 0 Å². The molecule has 0 amide bonds. The van der Waals surface area contributed by atoms with Crippen LogP contribution in [0.5, 0.6) is 0 Å². The standard InChI is InChI=1S/C30H61N5O/c1-27(2,3)25-32-23-26(24-32)33-15-19-35(20-16-33)29(7,8)11-12-30(9,10)36-22-21-31-13-17-34(18-14-31)28(4,5)6/h26H,11-25H2,1-10H3. The summed E-state index contributed by atoms with van der Waals surface area (Å²) in [7, 11) is 0. The molecule has 3 heterocycles. The van der Waals surface area contributed by atoms with Crippen molar-refractivity contribution in [3.8, 4) is 0 Å². The zero-order valence-electron chi connectivity index (χ0n) is 25.8. The van der Waals surface area contributed by atoms with Gasteiger partial charge in [-0.2, -0.15) is 0 Å². The monoisotopic (exact) mass is 507 g/mol. The predicted octanol–water partition coefficient (Wildman–Crippen LogP) is 4.10. The van der Waals surface area contributed by atoms with Crippen LogP contribution in [0.2, 0.25) is 0 Å². The fraction of sp³-hybridized carbons (Fsp3) is 1.00. The quantitative estimate of drug-likeness (QED) is 0.442.